The molecule has 23 heteroatoms. The van der Waals surface area contributed by atoms with E-state index in [4.69, 9.17) is 39.4 Å². The number of rotatable bonds is 8. The van der Waals surface area contributed by atoms with Crippen molar-refractivity contribution in [3.63, 3.8) is 0 Å². The topological polar surface area (TPSA) is 243 Å². The zero-order chi connectivity index (χ0) is 38.0. The van der Waals surface area contributed by atoms with Gasteiger partial charge in [-0.15, -0.1) is 0 Å². The molecule has 2 aliphatic heterocycles. The number of aromatic amines is 1. The summed E-state index contributed by atoms with van der Waals surface area (Å²) in [5.41, 5.74) is 0.880. The van der Waals surface area contributed by atoms with Crippen molar-refractivity contribution in [3.8, 4) is 5.88 Å². The Balaban J connectivity index is 1.11. The van der Waals surface area contributed by atoms with Crippen molar-refractivity contribution in [2.45, 2.75) is 69.0 Å². The molecular weight excluding hydrogens is 786 g/mol. The van der Waals surface area contributed by atoms with E-state index < -0.39 is 62.2 Å². The number of anilines is 1. The number of thiol groups is 1. The maximum Gasteiger partial charge on any atom is 0.386 e. The summed E-state index contributed by atoms with van der Waals surface area (Å²) in [6.07, 6.45) is -1.24. The minimum Gasteiger partial charge on any atom is -0.474 e. The van der Waals surface area contributed by atoms with E-state index in [0.717, 1.165) is 11.1 Å². The molecule has 4 aromatic rings. The molecule has 1 amide bonds. The van der Waals surface area contributed by atoms with Crippen LogP contribution in [0.2, 0.25) is 0 Å². The van der Waals surface area contributed by atoms with Crippen LogP contribution in [0, 0.1) is 5.92 Å². The first-order chi connectivity index (χ1) is 25.9. The van der Waals surface area contributed by atoms with Crippen molar-refractivity contribution in [3.05, 3.63) is 70.7 Å². The third-order valence-electron chi connectivity index (χ3n) is 9.21. The second-order valence-electron chi connectivity index (χ2n) is 12.9. The first kappa shape index (κ1) is 39.1. The van der Waals surface area contributed by atoms with Gasteiger partial charge in [0.15, 0.2) is 17.4 Å². The fraction of sp³-hybridized carbons (Fsp3) is 0.484. The van der Waals surface area contributed by atoms with Crippen LogP contribution in [0.4, 0.5) is 5.95 Å². The lowest BCUT2D eigenvalue weighted by Gasteiger charge is -2.27. The molecule has 19 nitrogen and oxygen atoms in total. The van der Waals surface area contributed by atoms with Gasteiger partial charge in [0, 0.05) is 25.2 Å². The number of nitrogens with one attached hydrogen (secondary N) is 3. The van der Waals surface area contributed by atoms with Crippen molar-refractivity contribution >= 4 is 60.6 Å². The van der Waals surface area contributed by atoms with Gasteiger partial charge in [-0.05, 0) is 48.7 Å². The number of aliphatic hydroxyl groups excluding tert-OH is 1. The Morgan fingerprint density at radius 1 is 1.17 bits per heavy atom. The van der Waals surface area contributed by atoms with Crippen LogP contribution in [-0.4, -0.2) is 96.2 Å². The highest BCUT2D eigenvalue weighted by atomic mass is 32.7. The van der Waals surface area contributed by atoms with E-state index in [1.807, 2.05) is 24.3 Å². The average Bonchev–Trinajstić information content (AvgIpc) is 3.79. The minimum atomic E-state index is -4.18. The summed E-state index contributed by atoms with van der Waals surface area (Å²) in [5.74, 6) is -0.494. The number of carbonyl (C=O) groups excluding carboxylic acids is 1. The van der Waals surface area contributed by atoms with Crippen LogP contribution < -0.4 is 20.9 Å². The predicted octanol–water partition coefficient (Wildman–Crippen LogP) is 2.39. The van der Waals surface area contributed by atoms with Crippen molar-refractivity contribution in [2.75, 3.05) is 25.6 Å². The Bertz CT molecular complexity index is 2130. The molecule has 1 saturated carbocycles. The van der Waals surface area contributed by atoms with E-state index in [2.05, 4.69) is 47.8 Å². The van der Waals surface area contributed by atoms with Gasteiger partial charge in [-0.25, -0.2) is 19.5 Å². The number of fused-ring (bicyclic) bond motifs is 4. The van der Waals surface area contributed by atoms with Crippen LogP contribution in [0.1, 0.15) is 36.6 Å². The zero-order valence-electron chi connectivity index (χ0n) is 28.7. The molecule has 0 spiro atoms. The van der Waals surface area contributed by atoms with Crippen molar-refractivity contribution < 1.29 is 46.9 Å². The average molecular weight is 825 g/mol. The van der Waals surface area contributed by atoms with Crippen LogP contribution in [0.15, 0.2) is 54.0 Å². The van der Waals surface area contributed by atoms with Crippen LogP contribution in [0.5, 0.6) is 5.88 Å². The first-order valence-electron chi connectivity index (χ1n) is 16.9. The van der Waals surface area contributed by atoms with Gasteiger partial charge in [0.2, 0.25) is 17.7 Å². The van der Waals surface area contributed by atoms with E-state index >= 15 is 0 Å². The van der Waals surface area contributed by atoms with Crippen LogP contribution >= 0.6 is 25.8 Å². The number of imidazole rings is 1. The standard InChI is InChI=1S/C31H38N8O11P2S2/c1-32-13-19-5-3-2-4-17(19)11-23(40)36-31-37-28-25(29(42)38-31)35-16-39(28)30-27-26(41)22(48-30)14-46-52(44,54)49-21-12-20(47-24-6-8-33-15-34-24)10-18(21)7-9-45-51(43,53)50-27/h2-6,8,15-16,18,20-22,26-27,30,32,41H,7,9-14H2,1H3,(H,43,53)(H,44,54)(H2,36,37,38,40,42)/t18-,20+,21-,22+,26+,27+,30+,51?,52?/m0/s1. The number of aromatic nitrogens is 6. The summed E-state index contributed by atoms with van der Waals surface area (Å²) < 4.78 is 50.2. The number of benzene rings is 1. The Kier molecular flexibility index (Phi) is 11.9. The highest BCUT2D eigenvalue weighted by Crippen LogP contribution is 2.58. The molecule has 2 bridgehead atoms. The summed E-state index contributed by atoms with van der Waals surface area (Å²) >= 11 is 9.56. The number of nitrogens with zero attached hydrogens (tertiary/aromatic N) is 5. The number of ether oxygens (including phenoxy) is 2. The lowest BCUT2D eigenvalue weighted by molar-refractivity contribution is -0.115. The number of amides is 1. The number of H-pyrrole nitrogens is 1. The lowest BCUT2D eigenvalue weighted by atomic mass is 10.0. The Morgan fingerprint density at radius 2 is 1.98 bits per heavy atom. The van der Waals surface area contributed by atoms with Crippen LogP contribution in [0.3, 0.4) is 0 Å². The first-order valence-corrected chi connectivity index (χ1v) is 22.2. The molecule has 54 heavy (non-hydrogen) atoms. The summed E-state index contributed by atoms with van der Waals surface area (Å²) in [4.78, 5) is 56.4. The van der Waals surface area contributed by atoms with Gasteiger partial charge in [-0.3, -0.25) is 29.0 Å². The molecule has 290 valence electrons. The van der Waals surface area contributed by atoms with Gasteiger partial charge in [-0.1, -0.05) is 36.5 Å². The summed E-state index contributed by atoms with van der Waals surface area (Å²) in [6, 6.07) is 9.05. The predicted molar refractivity (Wildman–Crippen MR) is 198 cm³/mol. The molecule has 2 unspecified atom stereocenters. The fourth-order valence-electron chi connectivity index (χ4n) is 6.77. The van der Waals surface area contributed by atoms with E-state index in [-0.39, 0.29) is 42.2 Å². The van der Waals surface area contributed by atoms with Crippen molar-refractivity contribution in [2.24, 2.45) is 5.92 Å². The molecular formula is C31H38N8O11P2S2. The third kappa shape index (κ3) is 9.09. The maximum atomic E-state index is 13.6. The second kappa shape index (κ2) is 16.5. The van der Waals surface area contributed by atoms with Gasteiger partial charge in [-0.2, -0.15) is 4.98 Å². The molecule has 2 saturated heterocycles. The summed E-state index contributed by atoms with van der Waals surface area (Å²) in [5, 5.41) is 17.1. The quantitative estimate of drug-likeness (QED) is 0.110. The van der Waals surface area contributed by atoms with Gasteiger partial charge in [0.05, 0.1) is 32.1 Å². The zero-order valence-corrected chi connectivity index (χ0v) is 32.2. The normalized spacial score (nSPS) is 31.8. The largest absolute Gasteiger partial charge is 0.474 e. The fourth-order valence-corrected chi connectivity index (χ4v) is 9.78. The molecule has 5 N–H and O–H groups in total. The summed E-state index contributed by atoms with van der Waals surface area (Å²) in [7, 11) is 1.80. The van der Waals surface area contributed by atoms with Crippen molar-refractivity contribution in [1.29, 1.82) is 0 Å². The smallest absolute Gasteiger partial charge is 0.386 e. The molecule has 7 rings (SSSR count). The number of hydrogen-bond acceptors (Lipinski definition) is 16. The number of hydrogen-bond donors (Lipinski definition) is 6. The summed E-state index contributed by atoms with van der Waals surface area (Å²) in [6.45, 7) is -8.11. The monoisotopic (exact) mass is 824 g/mol. The molecule has 5 heterocycles. The van der Waals surface area contributed by atoms with Gasteiger partial charge in [0.1, 0.15) is 30.7 Å². The number of carbonyl (C=O) groups is 1. The highest BCUT2D eigenvalue weighted by Gasteiger charge is 2.50. The van der Waals surface area contributed by atoms with E-state index in [1.54, 1.807) is 19.3 Å². The Labute approximate surface area is 318 Å². The molecule has 1 aromatic carbocycles. The Morgan fingerprint density at radius 3 is 2.76 bits per heavy atom. The van der Waals surface area contributed by atoms with Gasteiger partial charge < -0.3 is 38.4 Å². The minimum absolute atomic E-state index is 0.00607. The SMILES string of the molecule is CNCc1ccccc1CC(=O)Nc1nc2c(ncn2[C@@H]2O[C@@H]3COP(O)(=S)O[C@H]4C[C@H](Oc5ccncn5)C[C@@H]4CCOP(=O)(S)O[C@@H]2[C@@H]3O)c(=O)[nH]1. The molecule has 3 aliphatic rings. The van der Waals surface area contributed by atoms with E-state index in [1.165, 1.54) is 17.2 Å². The molecule has 9 atom stereocenters. The number of aliphatic hydroxyl groups is 1. The van der Waals surface area contributed by atoms with Gasteiger partial charge in [0.25, 0.3) is 5.56 Å². The molecule has 1 aliphatic carbocycles. The molecule has 3 fully saturated rings. The van der Waals surface area contributed by atoms with Crippen LogP contribution in [0.25, 0.3) is 11.2 Å². The van der Waals surface area contributed by atoms with Crippen molar-refractivity contribution in [1.82, 2.24) is 34.8 Å². The second-order valence-corrected chi connectivity index (χ2v) is 18.6. The third-order valence-corrected chi connectivity index (χ3v) is 12.4. The van der Waals surface area contributed by atoms with E-state index in [0.29, 0.717) is 31.7 Å². The maximum absolute atomic E-state index is 13.6. The lowest BCUT2D eigenvalue weighted by Crippen LogP contribution is -2.35. The Hall–Kier alpha value is -3.17. The molecule has 3 aromatic heterocycles. The van der Waals surface area contributed by atoms with Gasteiger partial charge >= 0.3 is 13.5 Å². The van der Waals surface area contributed by atoms with Crippen LogP contribution in [-0.2, 0) is 57.0 Å². The van der Waals surface area contributed by atoms with E-state index in [9.17, 15) is 24.2 Å². The molecule has 0 radical (unpaired) electrons. The highest BCUT2D eigenvalue weighted by molar-refractivity contribution is 8.44.